The number of fused-ring (bicyclic) bond motifs is 1. The number of aromatic nitrogens is 5. The lowest BCUT2D eigenvalue weighted by atomic mass is 9.80. The molecule has 0 aliphatic rings. The number of hydrogen-bond donors (Lipinski definition) is 1. The molecule has 5 aromatic rings. The Bertz CT molecular complexity index is 1460. The van der Waals surface area contributed by atoms with E-state index < -0.39 is 23.2 Å². The van der Waals surface area contributed by atoms with E-state index >= 15 is 0 Å². The van der Waals surface area contributed by atoms with Gasteiger partial charge in [-0.1, -0.05) is 49.4 Å². The summed E-state index contributed by atoms with van der Waals surface area (Å²) in [5.41, 5.74) is 0.417. The third-order valence-electron chi connectivity index (χ3n) is 6.21. The van der Waals surface area contributed by atoms with Crippen molar-refractivity contribution in [3.8, 4) is 11.4 Å². The molecule has 0 aliphatic carbocycles. The maximum absolute atomic E-state index is 14.7. The van der Waals surface area contributed by atoms with Gasteiger partial charge in [0, 0.05) is 28.8 Å². The smallest absolute Gasteiger partial charge is 0.145 e. The summed E-state index contributed by atoms with van der Waals surface area (Å²) in [5.74, 6) is -0.998. The first kappa shape index (κ1) is 23.1. The number of rotatable bonds is 8. The molecule has 5 rings (SSSR count). The molecule has 2 atom stereocenters. The molecular formula is C26H23F2N5OS. The third-order valence-corrected chi connectivity index (χ3v) is 7.01. The van der Waals surface area contributed by atoms with Crippen molar-refractivity contribution >= 4 is 22.2 Å². The SMILES string of the molecule is C[C@@H](C/C=C/c1ccc(-c2ncc3sccn23)cc1)[C@](O)(Cn1cncn1)c1ccc(F)cc1F. The van der Waals surface area contributed by atoms with Crippen molar-refractivity contribution in [3.63, 3.8) is 0 Å². The van der Waals surface area contributed by atoms with Crippen molar-refractivity contribution in [3.05, 3.63) is 102 Å². The molecule has 0 saturated carbocycles. The number of halogens is 2. The van der Waals surface area contributed by atoms with Crippen LogP contribution in [0.3, 0.4) is 0 Å². The predicted octanol–water partition coefficient (Wildman–Crippen LogP) is 5.56. The molecule has 0 amide bonds. The lowest BCUT2D eigenvalue weighted by Crippen LogP contribution is -2.39. The number of hydrogen-bond acceptors (Lipinski definition) is 5. The van der Waals surface area contributed by atoms with Gasteiger partial charge in [-0.05, 0) is 24.0 Å². The minimum absolute atomic E-state index is 0.0133. The molecule has 178 valence electrons. The van der Waals surface area contributed by atoms with Gasteiger partial charge in [-0.25, -0.2) is 23.4 Å². The van der Waals surface area contributed by atoms with Gasteiger partial charge in [-0.2, -0.15) is 5.10 Å². The van der Waals surface area contributed by atoms with E-state index in [1.54, 1.807) is 11.3 Å². The Hall–Kier alpha value is -3.69. The van der Waals surface area contributed by atoms with Gasteiger partial charge in [0.1, 0.15) is 40.5 Å². The van der Waals surface area contributed by atoms with E-state index in [2.05, 4.69) is 19.5 Å². The molecule has 2 aromatic carbocycles. The summed E-state index contributed by atoms with van der Waals surface area (Å²) >= 11 is 1.64. The normalized spacial score (nSPS) is 14.5. The topological polar surface area (TPSA) is 68.2 Å². The first-order valence-corrected chi connectivity index (χ1v) is 12.0. The Labute approximate surface area is 204 Å². The molecule has 0 aliphatic heterocycles. The fourth-order valence-electron chi connectivity index (χ4n) is 4.21. The second kappa shape index (κ2) is 9.52. The van der Waals surface area contributed by atoms with E-state index in [0.29, 0.717) is 6.42 Å². The van der Waals surface area contributed by atoms with Crippen molar-refractivity contribution in [1.82, 2.24) is 24.1 Å². The number of benzene rings is 2. The highest BCUT2D eigenvalue weighted by Crippen LogP contribution is 2.36. The second-order valence-corrected chi connectivity index (χ2v) is 9.42. The predicted molar refractivity (Wildman–Crippen MR) is 132 cm³/mol. The van der Waals surface area contributed by atoms with Gasteiger partial charge in [0.15, 0.2) is 0 Å². The van der Waals surface area contributed by atoms with Gasteiger partial charge >= 0.3 is 0 Å². The van der Waals surface area contributed by atoms with Crippen molar-refractivity contribution < 1.29 is 13.9 Å². The van der Waals surface area contributed by atoms with E-state index in [4.69, 9.17) is 0 Å². The van der Waals surface area contributed by atoms with Crippen LogP contribution in [0.2, 0.25) is 0 Å². The summed E-state index contributed by atoms with van der Waals surface area (Å²) in [6, 6.07) is 11.3. The summed E-state index contributed by atoms with van der Waals surface area (Å²) < 4.78 is 31.7. The summed E-state index contributed by atoms with van der Waals surface area (Å²) in [7, 11) is 0. The average Bonchev–Trinajstić information content (AvgIpc) is 3.58. The first-order chi connectivity index (χ1) is 16.9. The van der Waals surface area contributed by atoms with E-state index in [1.807, 2.05) is 61.1 Å². The molecule has 0 bridgehead atoms. The van der Waals surface area contributed by atoms with Gasteiger partial charge < -0.3 is 5.11 Å². The van der Waals surface area contributed by atoms with Gasteiger partial charge in [0.2, 0.25) is 0 Å². The lowest BCUT2D eigenvalue weighted by molar-refractivity contribution is -0.0379. The van der Waals surface area contributed by atoms with Crippen LogP contribution in [0.4, 0.5) is 8.78 Å². The molecular weight excluding hydrogens is 468 g/mol. The van der Waals surface area contributed by atoms with Crippen LogP contribution in [0.25, 0.3) is 22.3 Å². The Morgan fingerprint density at radius 1 is 1.17 bits per heavy atom. The molecule has 6 nitrogen and oxygen atoms in total. The van der Waals surface area contributed by atoms with E-state index in [9.17, 15) is 13.9 Å². The zero-order valence-corrected chi connectivity index (χ0v) is 19.7. The first-order valence-electron chi connectivity index (χ1n) is 11.1. The number of thiazole rings is 1. The lowest BCUT2D eigenvalue weighted by Gasteiger charge is -2.34. The molecule has 3 aromatic heterocycles. The van der Waals surface area contributed by atoms with Crippen molar-refractivity contribution in [1.29, 1.82) is 0 Å². The van der Waals surface area contributed by atoms with Crippen molar-refractivity contribution in [2.75, 3.05) is 0 Å². The molecule has 0 saturated heterocycles. The van der Waals surface area contributed by atoms with Crippen molar-refractivity contribution in [2.24, 2.45) is 5.92 Å². The van der Waals surface area contributed by atoms with Crippen LogP contribution in [0.5, 0.6) is 0 Å². The van der Waals surface area contributed by atoms with Crippen LogP contribution >= 0.6 is 11.3 Å². The van der Waals surface area contributed by atoms with Crippen LogP contribution in [0.1, 0.15) is 24.5 Å². The Morgan fingerprint density at radius 2 is 2.00 bits per heavy atom. The summed E-state index contributed by atoms with van der Waals surface area (Å²) in [6.07, 6.45) is 11.0. The van der Waals surface area contributed by atoms with Gasteiger partial charge in [0.05, 0.1) is 12.7 Å². The van der Waals surface area contributed by atoms with Gasteiger partial charge in [-0.3, -0.25) is 4.40 Å². The van der Waals surface area contributed by atoms with Crippen LogP contribution in [-0.2, 0) is 12.1 Å². The van der Waals surface area contributed by atoms with E-state index in [1.165, 1.54) is 23.4 Å². The molecule has 0 spiro atoms. The van der Waals surface area contributed by atoms with Crippen LogP contribution in [0.15, 0.2) is 79.0 Å². The monoisotopic (exact) mass is 491 g/mol. The number of nitrogens with zero attached hydrogens (tertiary/aromatic N) is 5. The molecule has 3 heterocycles. The van der Waals surface area contributed by atoms with E-state index in [0.717, 1.165) is 33.9 Å². The maximum atomic E-state index is 14.7. The van der Waals surface area contributed by atoms with Gasteiger partial charge in [-0.15, -0.1) is 11.3 Å². The van der Waals surface area contributed by atoms with Crippen LogP contribution in [0, 0.1) is 17.6 Å². The average molecular weight is 492 g/mol. The molecule has 9 heteroatoms. The minimum Gasteiger partial charge on any atom is -0.383 e. The minimum atomic E-state index is -1.62. The molecule has 0 fully saturated rings. The van der Waals surface area contributed by atoms with Crippen molar-refractivity contribution in [2.45, 2.75) is 25.5 Å². The number of allylic oxidation sites excluding steroid dienone is 1. The van der Waals surface area contributed by atoms with Crippen LogP contribution in [-0.4, -0.2) is 29.3 Å². The zero-order valence-electron chi connectivity index (χ0n) is 18.9. The Morgan fingerprint density at radius 3 is 2.74 bits per heavy atom. The molecule has 0 unspecified atom stereocenters. The second-order valence-electron chi connectivity index (χ2n) is 8.50. The third kappa shape index (κ3) is 4.65. The van der Waals surface area contributed by atoms with Crippen LogP contribution < -0.4 is 0 Å². The highest BCUT2D eigenvalue weighted by Gasteiger charge is 2.38. The van der Waals surface area contributed by atoms with E-state index in [-0.39, 0.29) is 12.1 Å². The molecule has 0 radical (unpaired) electrons. The number of aliphatic hydroxyl groups is 1. The van der Waals surface area contributed by atoms with Gasteiger partial charge in [0.25, 0.3) is 0 Å². The zero-order chi connectivity index (χ0) is 24.4. The highest BCUT2D eigenvalue weighted by molar-refractivity contribution is 7.15. The highest BCUT2D eigenvalue weighted by atomic mass is 32.1. The Balaban J connectivity index is 1.34. The summed E-state index contributed by atoms with van der Waals surface area (Å²) in [6.45, 7) is 1.82. The quantitative estimate of drug-likeness (QED) is 0.309. The Kier molecular flexibility index (Phi) is 6.27. The fourth-order valence-corrected chi connectivity index (χ4v) is 4.90. The fraction of sp³-hybridized carbons (Fsp3) is 0.192. The summed E-state index contributed by atoms with van der Waals surface area (Å²) in [4.78, 5) is 9.50. The maximum Gasteiger partial charge on any atom is 0.145 e. The number of imidazole rings is 1. The summed E-state index contributed by atoms with van der Waals surface area (Å²) in [5, 5.41) is 17.7. The standard InChI is InChI=1S/C26H23F2N5OS/c1-18(26(34,15-32-17-29-16-31-32)22-10-9-21(27)13-23(22)28)3-2-4-19-5-7-20(8-6-19)25-30-14-24-33(25)11-12-35-24/h2,4-14,16-18,34H,3,15H2,1H3/b4-2+/t18-,26+/m0/s1. The molecule has 35 heavy (non-hydrogen) atoms. The largest absolute Gasteiger partial charge is 0.383 e. The molecule has 1 N–H and O–H groups in total.